The molecule has 2 heteroatoms. The van der Waals surface area contributed by atoms with Gasteiger partial charge >= 0.3 is 0 Å². The second-order valence-corrected chi connectivity index (χ2v) is 9.25. The Kier molecular flexibility index (Phi) is 6.07. The van der Waals surface area contributed by atoms with Gasteiger partial charge in [-0.3, -0.25) is 0 Å². The van der Waals surface area contributed by atoms with E-state index in [-0.39, 0.29) is 0 Å². The highest BCUT2D eigenvalue weighted by molar-refractivity contribution is 6.30. The summed E-state index contributed by atoms with van der Waals surface area (Å²) in [5.74, 6) is 0. The first kappa shape index (κ1) is 21.6. The van der Waals surface area contributed by atoms with E-state index in [2.05, 4.69) is 97.6 Å². The summed E-state index contributed by atoms with van der Waals surface area (Å²) >= 11 is 6.23. The van der Waals surface area contributed by atoms with E-state index in [0.717, 1.165) is 17.1 Å². The van der Waals surface area contributed by atoms with Crippen molar-refractivity contribution in [3.63, 3.8) is 0 Å². The van der Waals surface area contributed by atoms with E-state index >= 15 is 0 Å². The fraction of sp³-hybridized carbons (Fsp3) is 0.161. The van der Waals surface area contributed by atoms with Crippen LogP contribution in [0.1, 0.15) is 39.8 Å². The molecule has 1 aliphatic rings. The first-order chi connectivity index (χ1) is 16.1. The topological polar surface area (TPSA) is 3.24 Å². The zero-order chi connectivity index (χ0) is 22.8. The summed E-state index contributed by atoms with van der Waals surface area (Å²) in [4.78, 5) is 2.39. The molecule has 0 fully saturated rings. The van der Waals surface area contributed by atoms with Crippen molar-refractivity contribution in [2.24, 2.45) is 0 Å². The van der Waals surface area contributed by atoms with E-state index in [4.69, 9.17) is 11.6 Å². The highest BCUT2D eigenvalue weighted by Gasteiger charge is 2.21. The molecule has 1 aliphatic carbocycles. The van der Waals surface area contributed by atoms with E-state index in [1.54, 1.807) is 0 Å². The fourth-order valence-corrected chi connectivity index (χ4v) is 5.04. The van der Waals surface area contributed by atoms with Gasteiger partial charge in [-0.2, -0.15) is 0 Å². The maximum Gasteiger partial charge on any atom is 0.0496 e. The molecule has 0 amide bonds. The first-order valence-electron chi connectivity index (χ1n) is 11.6. The van der Waals surface area contributed by atoms with Crippen LogP contribution in [-0.4, -0.2) is 0 Å². The standard InChI is InChI=1S/C31H28ClN/c1-22-20-28(21-23(2)29(22)19-14-24-8-4-3-5-9-24)33(27-17-15-26(32)16-18-27)31-13-7-11-25-10-6-12-30(25)31/h3-5,7-9,11,13-21H,6,10,12H2,1-2H3. The van der Waals surface area contributed by atoms with Crippen LogP contribution in [0.25, 0.3) is 12.2 Å². The lowest BCUT2D eigenvalue weighted by Crippen LogP contribution is -2.13. The monoisotopic (exact) mass is 449 g/mol. The van der Waals surface area contributed by atoms with Crippen molar-refractivity contribution >= 4 is 40.8 Å². The van der Waals surface area contributed by atoms with Crippen molar-refractivity contribution < 1.29 is 0 Å². The minimum absolute atomic E-state index is 0.755. The molecule has 0 bridgehead atoms. The minimum atomic E-state index is 0.755. The number of aryl methyl sites for hydroxylation is 3. The predicted octanol–water partition coefficient (Wildman–Crippen LogP) is 9.09. The lowest BCUT2D eigenvalue weighted by Gasteiger charge is -2.29. The maximum absolute atomic E-state index is 6.23. The van der Waals surface area contributed by atoms with Crippen LogP contribution in [0.5, 0.6) is 0 Å². The van der Waals surface area contributed by atoms with Gasteiger partial charge in [-0.15, -0.1) is 0 Å². The Bertz CT molecular complexity index is 1280. The number of fused-ring (bicyclic) bond motifs is 1. The molecular weight excluding hydrogens is 422 g/mol. The van der Waals surface area contributed by atoms with Gasteiger partial charge in [0, 0.05) is 22.1 Å². The van der Waals surface area contributed by atoms with Gasteiger partial charge < -0.3 is 4.90 Å². The summed E-state index contributed by atoms with van der Waals surface area (Å²) in [6.45, 7) is 4.41. The zero-order valence-electron chi connectivity index (χ0n) is 19.2. The summed E-state index contributed by atoms with van der Waals surface area (Å²) in [5.41, 5.74) is 11.6. The smallest absolute Gasteiger partial charge is 0.0496 e. The lowest BCUT2D eigenvalue weighted by atomic mass is 9.98. The van der Waals surface area contributed by atoms with Gasteiger partial charge in [-0.1, -0.05) is 66.2 Å². The molecule has 33 heavy (non-hydrogen) atoms. The summed E-state index contributed by atoms with van der Waals surface area (Å²) in [5, 5.41) is 0.755. The number of hydrogen-bond donors (Lipinski definition) is 0. The van der Waals surface area contributed by atoms with Gasteiger partial charge in [0.2, 0.25) is 0 Å². The zero-order valence-corrected chi connectivity index (χ0v) is 19.9. The Morgan fingerprint density at radius 1 is 0.727 bits per heavy atom. The third-order valence-electron chi connectivity index (χ3n) is 6.53. The number of anilines is 3. The second-order valence-electron chi connectivity index (χ2n) is 8.82. The Morgan fingerprint density at radius 2 is 1.45 bits per heavy atom. The molecule has 0 N–H and O–H groups in total. The largest absolute Gasteiger partial charge is 0.310 e. The molecule has 0 atom stereocenters. The number of nitrogens with zero attached hydrogens (tertiary/aromatic N) is 1. The highest BCUT2D eigenvalue weighted by atomic mass is 35.5. The predicted molar refractivity (Wildman–Crippen MR) is 143 cm³/mol. The Labute approximate surface area is 202 Å². The number of hydrogen-bond acceptors (Lipinski definition) is 1. The third kappa shape index (κ3) is 4.47. The average molecular weight is 450 g/mol. The van der Waals surface area contributed by atoms with Crippen molar-refractivity contribution in [2.75, 3.05) is 4.90 Å². The highest BCUT2D eigenvalue weighted by Crippen LogP contribution is 2.41. The summed E-state index contributed by atoms with van der Waals surface area (Å²) in [6.07, 6.45) is 7.94. The minimum Gasteiger partial charge on any atom is -0.310 e. The SMILES string of the molecule is Cc1cc(N(c2ccc(Cl)cc2)c2cccc3c2CCC3)cc(C)c1C=Cc1ccccc1. The molecule has 0 saturated carbocycles. The molecular formula is C31H28ClN. The Balaban J connectivity index is 1.61. The van der Waals surface area contributed by atoms with Crippen LogP contribution < -0.4 is 4.90 Å². The molecule has 0 spiro atoms. The molecule has 1 nitrogen and oxygen atoms in total. The molecule has 0 unspecified atom stereocenters. The summed E-state index contributed by atoms with van der Waals surface area (Å²) < 4.78 is 0. The van der Waals surface area contributed by atoms with E-state index in [9.17, 15) is 0 Å². The van der Waals surface area contributed by atoms with Crippen LogP contribution in [0.15, 0.2) is 84.9 Å². The van der Waals surface area contributed by atoms with E-state index in [1.807, 2.05) is 18.2 Å². The van der Waals surface area contributed by atoms with Gasteiger partial charge in [0.1, 0.15) is 0 Å². The Hall–Kier alpha value is -3.29. The normalized spacial score (nSPS) is 12.8. The number of rotatable bonds is 5. The molecule has 5 rings (SSSR count). The van der Waals surface area contributed by atoms with Gasteiger partial charge in [-0.05, 0) is 109 Å². The van der Waals surface area contributed by atoms with Crippen molar-refractivity contribution in [1.82, 2.24) is 0 Å². The molecule has 4 aromatic carbocycles. The van der Waals surface area contributed by atoms with Crippen molar-refractivity contribution in [1.29, 1.82) is 0 Å². The van der Waals surface area contributed by atoms with Crippen LogP contribution in [0.3, 0.4) is 0 Å². The molecule has 0 radical (unpaired) electrons. The molecule has 0 aromatic heterocycles. The van der Waals surface area contributed by atoms with Crippen LogP contribution in [0.2, 0.25) is 5.02 Å². The fourth-order valence-electron chi connectivity index (χ4n) is 4.91. The molecule has 0 aliphatic heterocycles. The quantitative estimate of drug-likeness (QED) is 0.274. The number of benzene rings is 4. The molecule has 4 aromatic rings. The summed E-state index contributed by atoms with van der Waals surface area (Å²) in [6, 6.07) is 30.0. The lowest BCUT2D eigenvalue weighted by molar-refractivity contribution is 0.911. The van der Waals surface area contributed by atoms with Gasteiger partial charge in [-0.25, -0.2) is 0 Å². The van der Waals surface area contributed by atoms with E-state index in [0.29, 0.717) is 0 Å². The van der Waals surface area contributed by atoms with E-state index in [1.165, 1.54) is 57.6 Å². The molecule has 164 valence electrons. The van der Waals surface area contributed by atoms with Gasteiger partial charge in [0.25, 0.3) is 0 Å². The number of halogens is 1. The maximum atomic E-state index is 6.23. The van der Waals surface area contributed by atoms with Gasteiger partial charge in [0.05, 0.1) is 0 Å². The van der Waals surface area contributed by atoms with Crippen LogP contribution in [0, 0.1) is 13.8 Å². The van der Waals surface area contributed by atoms with Crippen molar-refractivity contribution in [2.45, 2.75) is 33.1 Å². The van der Waals surface area contributed by atoms with E-state index < -0.39 is 0 Å². The average Bonchev–Trinajstić information content (AvgIpc) is 3.30. The van der Waals surface area contributed by atoms with Crippen LogP contribution in [-0.2, 0) is 12.8 Å². The van der Waals surface area contributed by atoms with Crippen molar-refractivity contribution in [3.8, 4) is 0 Å². The molecule has 0 saturated heterocycles. The third-order valence-corrected chi connectivity index (χ3v) is 6.78. The van der Waals surface area contributed by atoms with Crippen LogP contribution >= 0.6 is 11.6 Å². The van der Waals surface area contributed by atoms with Crippen molar-refractivity contribution in [3.05, 3.63) is 123 Å². The first-order valence-corrected chi connectivity index (χ1v) is 12.0. The Morgan fingerprint density at radius 3 is 2.18 bits per heavy atom. The van der Waals surface area contributed by atoms with Crippen LogP contribution in [0.4, 0.5) is 17.1 Å². The van der Waals surface area contributed by atoms with Gasteiger partial charge in [0.15, 0.2) is 0 Å². The molecule has 0 heterocycles. The summed E-state index contributed by atoms with van der Waals surface area (Å²) in [7, 11) is 0. The second kappa shape index (κ2) is 9.29.